The third-order valence-corrected chi connectivity index (χ3v) is 14.2. The molecule has 10 aromatic carbocycles. The molecule has 4 heteroatoms. The average molecular weight is 946 g/mol. The molecule has 0 amide bonds. The van der Waals surface area contributed by atoms with Crippen molar-refractivity contribution in [1.29, 1.82) is 0 Å². The molecule has 0 saturated carbocycles. The van der Waals surface area contributed by atoms with Crippen LogP contribution in [-0.4, -0.2) is 18.8 Å². The summed E-state index contributed by atoms with van der Waals surface area (Å²) >= 11 is 0. The number of hydrogen-bond donors (Lipinski definition) is 0. The van der Waals surface area contributed by atoms with E-state index < -0.39 is 0 Å². The Bertz CT molecular complexity index is 2910. The van der Waals surface area contributed by atoms with E-state index in [-0.39, 0.29) is 23.7 Å². The molecule has 0 N–H and O–H groups in total. The van der Waals surface area contributed by atoms with Crippen LogP contribution in [0, 0.1) is 0 Å². The molecular formula is C69H57N2O2+. The van der Waals surface area contributed by atoms with E-state index in [1.807, 2.05) is 0 Å². The molecule has 0 radical (unpaired) electrons. The van der Waals surface area contributed by atoms with E-state index in [0.29, 0.717) is 0 Å². The van der Waals surface area contributed by atoms with Crippen molar-refractivity contribution in [3.8, 4) is 22.9 Å². The number of aromatic nitrogens is 2. The summed E-state index contributed by atoms with van der Waals surface area (Å²) in [4.78, 5) is 0. The van der Waals surface area contributed by atoms with Crippen LogP contribution >= 0.6 is 0 Å². The van der Waals surface area contributed by atoms with Crippen molar-refractivity contribution in [2.75, 3.05) is 14.2 Å². The molecule has 0 unspecified atom stereocenters. The topological polar surface area (TPSA) is 27.3 Å². The Labute approximate surface area is 429 Å². The van der Waals surface area contributed by atoms with Gasteiger partial charge in [-0.15, -0.1) is 0 Å². The minimum atomic E-state index is -0.150. The number of nitrogens with zero attached hydrogens (tertiary/aromatic N) is 2. The second-order valence-electron chi connectivity index (χ2n) is 18.6. The van der Waals surface area contributed by atoms with Crippen LogP contribution in [0.25, 0.3) is 11.4 Å². The fourth-order valence-corrected chi connectivity index (χ4v) is 11.0. The lowest BCUT2D eigenvalue weighted by molar-refractivity contribution is -0.595. The van der Waals surface area contributed by atoms with Gasteiger partial charge in [-0.3, -0.25) is 0 Å². The Balaban J connectivity index is 1.25. The molecule has 11 rings (SSSR count). The minimum Gasteiger partial charge on any atom is -0.497 e. The van der Waals surface area contributed by atoms with Crippen molar-refractivity contribution in [1.82, 2.24) is 4.57 Å². The molecule has 0 fully saturated rings. The van der Waals surface area contributed by atoms with Crippen LogP contribution in [0.15, 0.2) is 286 Å². The average Bonchev–Trinajstić information content (AvgIpc) is 3.95. The highest BCUT2D eigenvalue weighted by Crippen LogP contribution is 2.46. The summed E-state index contributed by atoms with van der Waals surface area (Å²) in [6.07, 6.45) is 6.78. The lowest BCUT2D eigenvalue weighted by atomic mass is 9.78. The van der Waals surface area contributed by atoms with Gasteiger partial charge < -0.3 is 9.47 Å². The molecule has 354 valence electrons. The van der Waals surface area contributed by atoms with Gasteiger partial charge in [0.1, 0.15) is 35.3 Å². The van der Waals surface area contributed by atoms with E-state index in [1.165, 1.54) is 44.5 Å². The van der Waals surface area contributed by atoms with Crippen molar-refractivity contribution >= 4 is 0 Å². The van der Waals surface area contributed by atoms with Gasteiger partial charge in [-0.2, -0.15) is 0 Å². The van der Waals surface area contributed by atoms with E-state index in [9.17, 15) is 0 Å². The maximum atomic E-state index is 6.35. The van der Waals surface area contributed by atoms with Crippen LogP contribution < -0.4 is 14.0 Å². The first-order valence-electron chi connectivity index (χ1n) is 25.1. The van der Waals surface area contributed by atoms with Gasteiger partial charge in [0, 0.05) is 45.9 Å². The first-order valence-corrected chi connectivity index (χ1v) is 25.1. The Hall–Kier alpha value is -8.99. The predicted octanol–water partition coefficient (Wildman–Crippen LogP) is 15.5. The summed E-state index contributed by atoms with van der Waals surface area (Å²) in [5, 5.41) is 0. The zero-order valence-electron chi connectivity index (χ0n) is 41.2. The van der Waals surface area contributed by atoms with E-state index in [4.69, 9.17) is 9.47 Å². The number of imidazole rings is 1. The number of hydrogen-bond acceptors (Lipinski definition) is 2. The molecule has 1 aromatic heterocycles. The molecule has 0 saturated heterocycles. The van der Waals surface area contributed by atoms with Gasteiger partial charge in [-0.05, 0) is 68.8 Å². The summed E-state index contributed by atoms with van der Waals surface area (Å²) in [6.45, 7) is 0. The smallest absolute Gasteiger partial charge is 0.254 e. The highest BCUT2D eigenvalue weighted by molar-refractivity contribution is 5.65. The summed E-state index contributed by atoms with van der Waals surface area (Å²) in [5.74, 6) is 0.990. The maximum absolute atomic E-state index is 6.35. The quantitative estimate of drug-likeness (QED) is 0.0713. The summed E-state index contributed by atoms with van der Waals surface area (Å²) < 4.78 is 17.4. The Kier molecular flexibility index (Phi) is 13.7. The van der Waals surface area contributed by atoms with Gasteiger partial charge >= 0.3 is 0 Å². The zero-order chi connectivity index (χ0) is 49.3. The maximum Gasteiger partial charge on any atom is 0.254 e. The zero-order valence-corrected chi connectivity index (χ0v) is 41.2. The normalized spacial score (nSPS) is 11.4. The van der Waals surface area contributed by atoms with Crippen LogP contribution in [0.2, 0.25) is 0 Å². The molecule has 0 bridgehead atoms. The third kappa shape index (κ3) is 9.64. The van der Waals surface area contributed by atoms with Crippen molar-refractivity contribution in [3.63, 3.8) is 0 Å². The second-order valence-corrected chi connectivity index (χ2v) is 18.6. The second kappa shape index (κ2) is 21.6. The molecule has 73 heavy (non-hydrogen) atoms. The Morgan fingerprint density at radius 1 is 0.315 bits per heavy atom. The predicted molar refractivity (Wildman–Crippen MR) is 296 cm³/mol. The summed E-state index contributed by atoms with van der Waals surface area (Å²) in [7, 11) is 3.57. The van der Waals surface area contributed by atoms with Gasteiger partial charge in [0.2, 0.25) is 0 Å². The van der Waals surface area contributed by atoms with Gasteiger partial charge in [0.15, 0.2) is 0 Å². The summed E-state index contributed by atoms with van der Waals surface area (Å²) in [5.41, 5.74) is 16.2. The van der Waals surface area contributed by atoms with Crippen LogP contribution in [0.5, 0.6) is 11.5 Å². The van der Waals surface area contributed by atoms with E-state index in [0.717, 1.165) is 45.1 Å². The lowest BCUT2D eigenvalue weighted by Gasteiger charge is -2.27. The summed E-state index contributed by atoms with van der Waals surface area (Å²) in [6, 6.07) is 96.1. The SMILES string of the molecule is COc1cc(C(c2ccccc2)c2ccccc2)c(-n2cc[n+](-c3c(C(c4ccccc4)c4ccccc4)cc(OC)cc3C(c3ccccc3)c3ccccc3)c2)c(C(c2ccccc2)c2ccccc2)c1. The molecule has 0 aliphatic heterocycles. The van der Waals surface area contributed by atoms with Crippen molar-refractivity contribution < 1.29 is 14.0 Å². The van der Waals surface area contributed by atoms with Crippen LogP contribution in [0.3, 0.4) is 0 Å². The molecule has 0 aliphatic carbocycles. The van der Waals surface area contributed by atoms with Gasteiger partial charge in [-0.25, -0.2) is 9.13 Å². The molecular weight excluding hydrogens is 889 g/mol. The molecule has 0 spiro atoms. The molecule has 1 heterocycles. The van der Waals surface area contributed by atoms with Crippen LogP contribution in [-0.2, 0) is 0 Å². The van der Waals surface area contributed by atoms with E-state index in [1.54, 1.807) is 14.2 Å². The van der Waals surface area contributed by atoms with Gasteiger partial charge in [0.25, 0.3) is 6.33 Å². The Morgan fingerprint density at radius 3 is 0.795 bits per heavy atom. The van der Waals surface area contributed by atoms with E-state index in [2.05, 4.69) is 295 Å². The largest absolute Gasteiger partial charge is 0.497 e. The first-order chi connectivity index (χ1) is 36.2. The first kappa shape index (κ1) is 46.4. The molecule has 0 atom stereocenters. The molecule has 4 nitrogen and oxygen atoms in total. The third-order valence-electron chi connectivity index (χ3n) is 14.2. The standard InChI is InChI=1S/C69H57N2O2/c1-72-58-45-60(64(50-27-11-3-12-28-50)51-29-13-4-14-30-51)68(61(46-58)65(52-31-15-5-16-32-52)53-33-17-6-18-34-53)70-43-44-71(49-70)69-62(66(54-35-19-7-20-36-54)55-37-21-8-22-38-55)47-59(73-2)48-63(69)67(56-39-23-9-24-40-56)57-41-25-10-26-42-57/h3-49,64-67H,1-2H3/q+1. The number of ether oxygens (including phenoxy) is 2. The lowest BCUT2D eigenvalue weighted by Crippen LogP contribution is -2.33. The number of methoxy groups -OCH3 is 2. The van der Waals surface area contributed by atoms with Gasteiger partial charge in [-0.1, -0.05) is 243 Å². The minimum absolute atomic E-state index is 0.150. The van der Waals surface area contributed by atoms with E-state index >= 15 is 0 Å². The van der Waals surface area contributed by atoms with Crippen LogP contribution in [0.4, 0.5) is 0 Å². The highest BCUT2D eigenvalue weighted by Gasteiger charge is 2.35. The van der Waals surface area contributed by atoms with Crippen molar-refractivity contribution in [2.45, 2.75) is 23.7 Å². The fraction of sp³-hybridized carbons (Fsp3) is 0.0870. The van der Waals surface area contributed by atoms with Gasteiger partial charge in [0.05, 0.1) is 14.2 Å². The monoisotopic (exact) mass is 945 g/mol. The Morgan fingerprint density at radius 2 is 0.548 bits per heavy atom. The van der Waals surface area contributed by atoms with Crippen molar-refractivity contribution in [2.24, 2.45) is 0 Å². The highest BCUT2D eigenvalue weighted by atomic mass is 16.5. The fourth-order valence-electron chi connectivity index (χ4n) is 11.0. The van der Waals surface area contributed by atoms with Crippen LogP contribution in [0.1, 0.15) is 90.4 Å². The number of benzene rings is 10. The number of rotatable bonds is 16. The van der Waals surface area contributed by atoms with Crippen molar-refractivity contribution in [3.05, 3.63) is 352 Å². The molecule has 11 aromatic rings. The molecule has 0 aliphatic rings.